The number of methoxy groups -OCH3 is 1. The van der Waals surface area contributed by atoms with Crippen LogP contribution in [0.4, 0.5) is 0 Å². The van der Waals surface area contributed by atoms with Gasteiger partial charge in [0.05, 0.1) is 7.11 Å². The molecule has 2 aromatic carbocycles. The van der Waals surface area contributed by atoms with E-state index in [4.69, 9.17) is 10.5 Å². The summed E-state index contributed by atoms with van der Waals surface area (Å²) < 4.78 is 5.19. The van der Waals surface area contributed by atoms with Gasteiger partial charge in [0.25, 0.3) is 0 Å². The van der Waals surface area contributed by atoms with Crippen LogP contribution in [0.3, 0.4) is 0 Å². The molecule has 0 unspecified atom stereocenters. The second-order valence-corrected chi connectivity index (χ2v) is 7.78. The summed E-state index contributed by atoms with van der Waals surface area (Å²) >= 11 is 1.50. The van der Waals surface area contributed by atoms with E-state index in [-0.39, 0.29) is 22.7 Å². The molecule has 0 radical (unpaired) electrons. The lowest BCUT2D eigenvalue weighted by Crippen LogP contribution is -2.43. The van der Waals surface area contributed by atoms with Crippen molar-refractivity contribution in [1.29, 1.82) is 0 Å². The number of benzene rings is 2. The average Bonchev–Trinajstić information content (AvgIpc) is 2.65. The van der Waals surface area contributed by atoms with E-state index in [1.54, 1.807) is 24.3 Å². The number of aromatic hydroxyl groups is 1. The number of carbonyl (C=O) groups excluding carboxylic acids is 1. The second kappa shape index (κ2) is 9.15. The number of carbonyl (C=O) groups is 1. The van der Waals surface area contributed by atoms with Gasteiger partial charge in [0.1, 0.15) is 7.85 Å². The molecule has 0 saturated carbocycles. The molecule has 26 heavy (non-hydrogen) atoms. The maximum absolute atomic E-state index is 13.0. The Morgan fingerprint density at radius 3 is 2.62 bits per heavy atom. The van der Waals surface area contributed by atoms with Crippen LogP contribution in [0.25, 0.3) is 0 Å². The van der Waals surface area contributed by atoms with E-state index >= 15 is 0 Å². The SMILES string of the molecule is B[C@@](N)(CCCC)CSc1cc(O)c(OC)cc1C(=O)c1ccccc1. The first-order chi connectivity index (χ1) is 12.4. The fourth-order valence-electron chi connectivity index (χ4n) is 2.65. The molecular weight excluding hydrogens is 345 g/mol. The van der Waals surface area contributed by atoms with Crippen molar-refractivity contribution in [3.05, 3.63) is 53.6 Å². The van der Waals surface area contributed by atoms with Gasteiger partial charge in [-0.3, -0.25) is 4.79 Å². The number of hydrogen-bond donors (Lipinski definition) is 2. The Morgan fingerprint density at radius 1 is 1.31 bits per heavy atom. The van der Waals surface area contributed by atoms with Gasteiger partial charge in [-0.25, -0.2) is 0 Å². The van der Waals surface area contributed by atoms with Crippen LogP contribution in [0.15, 0.2) is 47.4 Å². The van der Waals surface area contributed by atoms with Crippen molar-refractivity contribution in [1.82, 2.24) is 0 Å². The molecule has 0 aliphatic rings. The number of ether oxygens (including phenoxy) is 1. The molecule has 0 aliphatic carbocycles. The maximum Gasteiger partial charge on any atom is 0.194 e. The number of thioether (sulfide) groups is 1. The number of hydrogen-bond acceptors (Lipinski definition) is 5. The highest BCUT2D eigenvalue weighted by molar-refractivity contribution is 7.99. The van der Waals surface area contributed by atoms with Gasteiger partial charge in [0, 0.05) is 21.8 Å². The minimum atomic E-state index is -0.330. The third-order valence-corrected chi connectivity index (χ3v) is 5.67. The summed E-state index contributed by atoms with van der Waals surface area (Å²) in [4.78, 5) is 13.7. The number of unbranched alkanes of at least 4 members (excludes halogenated alkanes) is 1. The average molecular weight is 371 g/mol. The zero-order valence-corrected chi connectivity index (χ0v) is 16.4. The first-order valence-electron chi connectivity index (χ1n) is 8.80. The van der Waals surface area contributed by atoms with Gasteiger partial charge in [-0.2, -0.15) is 0 Å². The van der Waals surface area contributed by atoms with Crippen molar-refractivity contribution < 1.29 is 14.6 Å². The molecule has 1 atom stereocenters. The highest BCUT2D eigenvalue weighted by atomic mass is 32.2. The zero-order valence-electron chi connectivity index (χ0n) is 15.6. The Kier molecular flexibility index (Phi) is 7.18. The molecule has 4 nitrogen and oxygen atoms in total. The van der Waals surface area contributed by atoms with Crippen LogP contribution >= 0.6 is 11.8 Å². The lowest BCUT2D eigenvalue weighted by molar-refractivity contribution is 0.103. The molecule has 0 aromatic heterocycles. The summed E-state index contributed by atoms with van der Waals surface area (Å²) in [7, 11) is 3.50. The van der Waals surface area contributed by atoms with Gasteiger partial charge in [0.2, 0.25) is 0 Å². The van der Waals surface area contributed by atoms with Gasteiger partial charge < -0.3 is 15.6 Å². The van der Waals surface area contributed by atoms with Gasteiger partial charge in [-0.15, -0.1) is 11.8 Å². The molecule has 138 valence electrons. The van der Waals surface area contributed by atoms with E-state index in [1.165, 1.54) is 18.9 Å². The number of phenolic OH excluding ortho intramolecular Hbond substituents is 1. The molecule has 2 rings (SSSR count). The Hall–Kier alpha value is -1.92. The molecule has 6 heteroatoms. The van der Waals surface area contributed by atoms with Gasteiger partial charge in [0.15, 0.2) is 17.3 Å². The van der Waals surface area contributed by atoms with Crippen LogP contribution in [-0.2, 0) is 0 Å². The standard InChI is InChI=1S/C20H26BNO3S/c1-3-4-10-20(21,22)13-26-18-12-16(23)17(25-2)11-15(18)19(24)14-8-6-5-7-9-14/h5-9,11-12,23H,3-4,10,13,21-22H2,1-2H3/t20-/m1/s1. The van der Waals surface area contributed by atoms with Crippen molar-refractivity contribution in [2.24, 2.45) is 5.73 Å². The van der Waals surface area contributed by atoms with Gasteiger partial charge in [-0.05, 0) is 24.0 Å². The predicted octanol–water partition coefficient (Wildman–Crippen LogP) is 3.20. The third-order valence-electron chi connectivity index (χ3n) is 4.22. The van der Waals surface area contributed by atoms with Crippen LogP contribution in [0.2, 0.25) is 0 Å². The Balaban J connectivity index is 2.32. The molecule has 2 aromatic rings. The molecule has 0 bridgehead atoms. The Morgan fingerprint density at radius 2 is 2.00 bits per heavy atom. The van der Waals surface area contributed by atoms with E-state index in [9.17, 15) is 9.90 Å². The fraction of sp³-hybridized carbons (Fsp3) is 0.350. The predicted molar refractivity (Wildman–Crippen MR) is 110 cm³/mol. The maximum atomic E-state index is 13.0. The summed E-state index contributed by atoms with van der Waals surface area (Å²) in [6.07, 6.45) is 3.08. The van der Waals surface area contributed by atoms with E-state index in [1.807, 2.05) is 26.0 Å². The van der Waals surface area contributed by atoms with Crippen LogP contribution in [-0.4, -0.2) is 37.0 Å². The number of nitrogens with two attached hydrogens (primary N) is 1. The third kappa shape index (κ3) is 5.29. The van der Waals surface area contributed by atoms with Crippen molar-refractivity contribution in [2.75, 3.05) is 12.9 Å². The minimum Gasteiger partial charge on any atom is -0.504 e. The lowest BCUT2D eigenvalue weighted by atomic mass is 9.76. The zero-order chi connectivity index (χ0) is 19.2. The molecule has 0 fully saturated rings. The van der Waals surface area contributed by atoms with Crippen LogP contribution < -0.4 is 10.5 Å². The first-order valence-corrected chi connectivity index (χ1v) is 9.79. The second-order valence-electron chi connectivity index (χ2n) is 6.76. The Labute approximate surface area is 160 Å². The summed E-state index contributed by atoms with van der Waals surface area (Å²) in [6.45, 7) is 2.14. The summed E-state index contributed by atoms with van der Waals surface area (Å²) in [5.74, 6) is 0.870. The highest BCUT2D eigenvalue weighted by Crippen LogP contribution is 2.36. The van der Waals surface area contributed by atoms with Crippen LogP contribution in [0.5, 0.6) is 11.5 Å². The lowest BCUT2D eigenvalue weighted by Gasteiger charge is -2.24. The summed E-state index contributed by atoms with van der Waals surface area (Å²) in [5, 5.41) is 10.2. The van der Waals surface area contributed by atoms with Crippen molar-refractivity contribution in [2.45, 2.75) is 36.5 Å². The molecule has 0 saturated heterocycles. The highest BCUT2D eigenvalue weighted by Gasteiger charge is 2.22. The van der Waals surface area contributed by atoms with Crippen molar-refractivity contribution >= 4 is 25.4 Å². The topological polar surface area (TPSA) is 72.6 Å². The Bertz CT molecular complexity index is 750. The van der Waals surface area contributed by atoms with Gasteiger partial charge >= 0.3 is 0 Å². The molecule has 0 amide bonds. The number of rotatable bonds is 9. The molecule has 3 N–H and O–H groups in total. The summed E-state index contributed by atoms with van der Waals surface area (Å²) in [5.41, 5.74) is 7.18. The first kappa shape index (κ1) is 20.4. The molecule has 0 heterocycles. The monoisotopic (exact) mass is 371 g/mol. The number of phenols is 1. The van der Waals surface area contributed by atoms with Crippen LogP contribution in [0.1, 0.15) is 42.1 Å². The van der Waals surface area contributed by atoms with Crippen molar-refractivity contribution in [3.63, 3.8) is 0 Å². The van der Waals surface area contributed by atoms with E-state index in [0.717, 1.165) is 19.3 Å². The van der Waals surface area contributed by atoms with E-state index in [2.05, 4.69) is 6.92 Å². The molecular formula is C20H26BNO3S. The van der Waals surface area contributed by atoms with Gasteiger partial charge in [-0.1, -0.05) is 50.1 Å². The van der Waals surface area contributed by atoms with Crippen molar-refractivity contribution in [3.8, 4) is 11.5 Å². The molecule has 0 spiro atoms. The van der Waals surface area contributed by atoms with Crippen LogP contribution in [0, 0.1) is 0 Å². The van der Waals surface area contributed by atoms with E-state index in [0.29, 0.717) is 21.8 Å². The fourth-order valence-corrected chi connectivity index (χ4v) is 3.78. The summed E-state index contributed by atoms with van der Waals surface area (Å²) in [6, 6.07) is 12.3. The van der Waals surface area contributed by atoms with E-state index < -0.39 is 0 Å². The largest absolute Gasteiger partial charge is 0.504 e. The smallest absolute Gasteiger partial charge is 0.194 e. The normalized spacial score (nSPS) is 13.2. The molecule has 0 aliphatic heterocycles. The minimum absolute atomic E-state index is 0.0203. The number of ketones is 1. The quantitative estimate of drug-likeness (QED) is 0.402.